The highest BCUT2D eigenvalue weighted by atomic mass is 79.9. The normalized spacial score (nSPS) is 11.2. The molecule has 1 aromatic rings. The summed E-state index contributed by atoms with van der Waals surface area (Å²) in [5.74, 6) is -0.450. The number of halogens is 1. The molecule has 0 unspecified atom stereocenters. The minimum Gasteiger partial charge on any atom is -0.456 e. The van der Waals surface area contributed by atoms with Gasteiger partial charge in [-0.1, -0.05) is 0 Å². The van der Waals surface area contributed by atoms with Crippen molar-refractivity contribution in [3.63, 3.8) is 0 Å². The van der Waals surface area contributed by atoms with Crippen molar-refractivity contribution < 1.29 is 9.53 Å². The van der Waals surface area contributed by atoms with E-state index in [1.165, 1.54) is 12.4 Å². The molecule has 82 valence electrons. The zero-order valence-corrected chi connectivity index (χ0v) is 10.5. The average Bonchev–Trinajstić information content (AvgIpc) is 1.99. The van der Waals surface area contributed by atoms with Gasteiger partial charge in [-0.15, -0.1) is 0 Å². The Morgan fingerprint density at radius 2 is 2.07 bits per heavy atom. The second kappa shape index (κ2) is 4.18. The molecule has 0 radical (unpaired) electrons. The maximum atomic E-state index is 11.7. The van der Waals surface area contributed by atoms with Gasteiger partial charge in [0.1, 0.15) is 5.60 Å². The minimum absolute atomic E-state index is 0.304. The number of carbonyl (C=O) groups is 1. The van der Waals surface area contributed by atoms with Crippen LogP contribution in [0.3, 0.4) is 0 Å². The number of pyridine rings is 1. The lowest BCUT2D eigenvalue weighted by molar-refractivity contribution is 0.00697. The topological polar surface area (TPSA) is 65.2 Å². The van der Waals surface area contributed by atoms with Gasteiger partial charge in [0.15, 0.2) is 0 Å². The molecule has 0 bridgehead atoms. The van der Waals surface area contributed by atoms with E-state index in [-0.39, 0.29) is 0 Å². The predicted molar refractivity (Wildman–Crippen MR) is 61.5 cm³/mol. The van der Waals surface area contributed by atoms with Gasteiger partial charge >= 0.3 is 5.97 Å². The van der Waals surface area contributed by atoms with E-state index in [0.717, 1.165) is 0 Å². The first-order valence-corrected chi connectivity index (χ1v) is 5.23. The lowest BCUT2D eigenvalue weighted by Crippen LogP contribution is -2.24. The smallest absolute Gasteiger partial charge is 0.342 e. The molecule has 15 heavy (non-hydrogen) atoms. The van der Waals surface area contributed by atoms with Crippen molar-refractivity contribution in [2.75, 3.05) is 5.73 Å². The molecule has 2 N–H and O–H groups in total. The van der Waals surface area contributed by atoms with Crippen LogP contribution in [-0.2, 0) is 4.74 Å². The summed E-state index contributed by atoms with van der Waals surface area (Å²) in [4.78, 5) is 15.6. The number of anilines is 1. The highest BCUT2D eigenvalue weighted by Crippen LogP contribution is 2.23. The molecule has 0 spiro atoms. The maximum absolute atomic E-state index is 11.7. The summed E-state index contributed by atoms with van der Waals surface area (Å²) in [5.41, 5.74) is 5.74. The van der Waals surface area contributed by atoms with Gasteiger partial charge in [-0.25, -0.2) is 4.79 Å². The number of aromatic nitrogens is 1. The fraction of sp³-hybridized carbons (Fsp3) is 0.400. The minimum atomic E-state index is -0.535. The van der Waals surface area contributed by atoms with E-state index in [9.17, 15) is 4.79 Å². The Balaban J connectivity index is 3.02. The van der Waals surface area contributed by atoms with Crippen molar-refractivity contribution in [3.8, 4) is 0 Å². The van der Waals surface area contributed by atoms with Gasteiger partial charge in [-0.05, 0) is 36.7 Å². The maximum Gasteiger partial charge on any atom is 0.342 e. The Morgan fingerprint density at radius 1 is 1.47 bits per heavy atom. The van der Waals surface area contributed by atoms with Gasteiger partial charge in [-0.3, -0.25) is 4.98 Å². The lowest BCUT2D eigenvalue weighted by atomic mass is 10.2. The monoisotopic (exact) mass is 272 g/mol. The third-order valence-corrected chi connectivity index (χ3v) is 2.13. The molecule has 0 atom stereocenters. The largest absolute Gasteiger partial charge is 0.456 e. The fourth-order valence-corrected chi connectivity index (χ4v) is 1.50. The van der Waals surface area contributed by atoms with Crippen LogP contribution in [0.1, 0.15) is 31.1 Å². The summed E-state index contributed by atoms with van der Waals surface area (Å²) < 4.78 is 5.75. The van der Waals surface area contributed by atoms with Gasteiger partial charge in [0.2, 0.25) is 0 Å². The van der Waals surface area contributed by atoms with Crippen molar-refractivity contribution in [2.24, 2.45) is 0 Å². The van der Waals surface area contributed by atoms with Crippen LogP contribution in [0.2, 0.25) is 0 Å². The van der Waals surface area contributed by atoms with Crippen LogP contribution < -0.4 is 5.73 Å². The quantitative estimate of drug-likeness (QED) is 0.798. The average molecular weight is 273 g/mol. The molecular weight excluding hydrogens is 260 g/mol. The number of nitrogens with two attached hydrogens (primary N) is 1. The Kier molecular flexibility index (Phi) is 3.34. The Labute approximate surface area is 97.0 Å². The molecular formula is C10H13BrN2O2. The summed E-state index contributed by atoms with van der Waals surface area (Å²) in [5, 5.41) is 0. The highest BCUT2D eigenvalue weighted by molar-refractivity contribution is 9.10. The molecule has 0 aliphatic rings. The SMILES string of the molecule is CC(C)(C)OC(=O)c1c(N)cncc1Br. The molecule has 0 fully saturated rings. The predicted octanol–water partition coefficient (Wildman–Crippen LogP) is 2.38. The molecule has 0 aliphatic carbocycles. The molecule has 0 saturated heterocycles. The first kappa shape index (κ1) is 12.0. The van der Waals surface area contributed by atoms with E-state index in [1.807, 2.05) is 0 Å². The summed E-state index contributed by atoms with van der Waals surface area (Å²) in [6.07, 6.45) is 2.93. The standard InChI is InChI=1S/C10H13BrN2O2/c1-10(2,3)15-9(14)8-6(11)4-13-5-7(8)12/h4-5H,12H2,1-3H3. The van der Waals surface area contributed by atoms with Crippen molar-refractivity contribution >= 4 is 27.6 Å². The molecule has 0 saturated carbocycles. The molecule has 0 amide bonds. The summed E-state index contributed by atoms with van der Waals surface area (Å²) in [6, 6.07) is 0. The summed E-state index contributed by atoms with van der Waals surface area (Å²) >= 11 is 3.21. The Bertz CT molecular complexity index is 365. The van der Waals surface area contributed by atoms with E-state index in [2.05, 4.69) is 20.9 Å². The van der Waals surface area contributed by atoms with Crippen molar-refractivity contribution in [1.82, 2.24) is 4.98 Å². The number of rotatable bonds is 1. The molecule has 1 aromatic heterocycles. The first-order valence-electron chi connectivity index (χ1n) is 4.43. The van der Waals surface area contributed by atoms with Crippen LogP contribution in [0, 0.1) is 0 Å². The number of hydrogen-bond donors (Lipinski definition) is 1. The Morgan fingerprint density at radius 3 is 2.53 bits per heavy atom. The van der Waals surface area contributed by atoms with Gasteiger partial charge in [0.05, 0.1) is 21.9 Å². The number of esters is 1. The van der Waals surface area contributed by atoms with Crippen molar-refractivity contribution in [1.29, 1.82) is 0 Å². The molecule has 1 heterocycles. The van der Waals surface area contributed by atoms with Gasteiger partial charge in [-0.2, -0.15) is 0 Å². The second-order valence-electron chi connectivity index (χ2n) is 4.09. The third kappa shape index (κ3) is 3.20. The molecule has 1 rings (SSSR count). The molecule has 0 aliphatic heterocycles. The van der Waals surface area contributed by atoms with Gasteiger partial charge < -0.3 is 10.5 Å². The first-order chi connectivity index (χ1) is 6.81. The van der Waals surface area contributed by atoms with E-state index < -0.39 is 11.6 Å². The molecule has 0 aromatic carbocycles. The van der Waals surface area contributed by atoms with Crippen LogP contribution in [0.4, 0.5) is 5.69 Å². The fourth-order valence-electron chi connectivity index (χ4n) is 0.994. The number of ether oxygens (including phenoxy) is 1. The zero-order chi connectivity index (χ0) is 11.6. The van der Waals surface area contributed by atoms with E-state index >= 15 is 0 Å². The molecule has 4 nitrogen and oxygen atoms in total. The second-order valence-corrected chi connectivity index (χ2v) is 4.94. The summed E-state index contributed by atoms with van der Waals surface area (Å²) in [7, 11) is 0. The van der Waals surface area contributed by atoms with E-state index in [1.54, 1.807) is 20.8 Å². The number of hydrogen-bond acceptors (Lipinski definition) is 4. The summed E-state index contributed by atoms with van der Waals surface area (Å²) in [6.45, 7) is 5.41. The molecule has 5 heteroatoms. The highest BCUT2D eigenvalue weighted by Gasteiger charge is 2.21. The van der Waals surface area contributed by atoms with Gasteiger partial charge in [0.25, 0.3) is 0 Å². The van der Waals surface area contributed by atoms with Crippen LogP contribution in [0.5, 0.6) is 0 Å². The van der Waals surface area contributed by atoms with E-state index in [0.29, 0.717) is 15.7 Å². The van der Waals surface area contributed by atoms with Crippen LogP contribution in [-0.4, -0.2) is 16.6 Å². The lowest BCUT2D eigenvalue weighted by Gasteiger charge is -2.20. The van der Waals surface area contributed by atoms with Crippen molar-refractivity contribution in [3.05, 3.63) is 22.4 Å². The van der Waals surface area contributed by atoms with Crippen molar-refractivity contribution in [2.45, 2.75) is 26.4 Å². The van der Waals surface area contributed by atoms with Crippen LogP contribution in [0.25, 0.3) is 0 Å². The van der Waals surface area contributed by atoms with E-state index in [4.69, 9.17) is 10.5 Å². The third-order valence-electron chi connectivity index (χ3n) is 1.53. The number of nitrogen functional groups attached to an aromatic ring is 1. The zero-order valence-electron chi connectivity index (χ0n) is 8.87. The number of carbonyl (C=O) groups excluding carboxylic acids is 1. The van der Waals surface area contributed by atoms with Crippen LogP contribution >= 0.6 is 15.9 Å². The number of nitrogens with zero attached hydrogens (tertiary/aromatic N) is 1. The Hall–Kier alpha value is -1.10. The van der Waals surface area contributed by atoms with Gasteiger partial charge in [0, 0.05) is 6.20 Å². The van der Waals surface area contributed by atoms with Crippen LogP contribution in [0.15, 0.2) is 16.9 Å².